The Hall–Kier alpha value is -3.93. The van der Waals surface area contributed by atoms with E-state index in [0.29, 0.717) is 19.3 Å². The van der Waals surface area contributed by atoms with Crippen LogP contribution in [-0.2, 0) is 28.6 Å². The molecular weight excluding hydrogens is 961 g/mol. The topological polar surface area (TPSA) is 78.9 Å². The molecule has 0 saturated carbocycles. The quantitative estimate of drug-likeness (QED) is 0.0261. The highest BCUT2D eigenvalue weighted by atomic mass is 16.6. The first-order valence-electron chi connectivity index (χ1n) is 32.9. The Bertz CT molecular complexity index is 1570. The predicted octanol–water partition coefficient (Wildman–Crippen LogP) is 22.6. The highest BCUT2D eigenvalue weighted by Gasteiger charge is 2.19. The number of carbonyl (C=O) groups excluding carboxylic acids is 3. The van der Waals surface area contributed by atoms with Crippen LogP contribution in [-0.4, -0.2) is 37.2 Å². The summed E-state index contributed by atoms with van der Waals surface area (Å²) < 4.78 is 16.8. The van der Waals surface area contributed by atoms with Gasteiger partial charge >= 0.3 is 17.9 Å². The van der Waals surface area contributed by atoms with Crippen LogP contribution in [0.3, 0.4) is 0 Å². The van der Waals surface area contributed by atoms with Gasteiger partial charge in [0, 0.05) is 19.3 Å². The molecule has 0 radical (unpaired) electrons. The summed E-state index contributed by atoms with van der Waals surface area (Å²) >= 11 is 0. The minimum absolute atomic E-state index is 0.0793. The molecule has 0 aliphatic heterocycles. The lowest BCUT2D eigenvalue weighted by atomic mass is 10.0. The summed E-state index contributed by atoms with van der Waals surface area (Å²) in [6, 6.07) is 0. The molecule has 0 N–H and O–H groups in total. The zero-order chi connectivity index (χ0) is 56.4. The van der Waals surface area contributed by atoms with Crippen LogP contribution in [0.2, 0.25) is 0 Å². The van der Waals surface area contributed by atoms with Crippen molar-refractivity contribution in [3.05, 3.63) is 109 Å². The number of esters is 3. The normalized spacial score (nSPS) is 12.8. The second-order valence-electron chi connectivity index (χ2n) is 21.7. The maximum absolute atomic E-state index is 12.8. The minimum atomic E-state index is -0.778. The number of unbranched alkanes of at least 4 members (excludes halogenated alkanes) is 30. The van der Waals surface area contributed by atoms with Crippen LogP contribution in [0.15, 0.2) is 109 Å². The molecule has 6 heteroatoms. The van der Waals surface area contributed by atoms with Crippen molar-refractivity contribution in [2.75, 3.05) is 13.2 Å². The molecule has 0 aliphatic carbocycles. The van der Waals surface area contributed by atoms with Gasteiger partial charge in [-0.3, -0.25) is 14.4 Å². The fourth-order valence-corrected chi connectivity index (χ4v) is 9.14. The van der Waals surface area contributed by atoms with Gasteiger partial charge in [0.2, 0.25) is 0 Å². The molecule has 0 rings (SSSR count). The fourth-order valence-electron chi connectivity index (χ4n) is 9.14. The van der Waals surface area contributed by atoms with Gasteiger partial charge in [-0.1, -0.05) is 310 Å². The van der Waals surface area contributed by atoms with E-state index in [4.69, 9.17) is 14.2 Å². The van der Waals surface area contributed by atoms with E-state index in [1.165, 1.54) is 141 Å². The molecule has 0 spiro atoms. The third-order valence-electron chi connectivity index (χ3n) is 14.0. The van der Waals surface area contributed by atoms with Gasteiger partial charge in [0.15, 0.2) is 6.10 Å². The van der Waals surface area contributed by atoms with Crippen molar-refractivity contribution in [3.63, 3.8) is 0 Å². The second-order valence-corrected chi connectivity index (χ2v) is 21.7. The summed E-state index contributed by atoms with van der Waals surface area (Å²) in [6.07, 6.45) is 90.1. The van der Waals surface area contributed by atoms with Gasteiger partial charge in [0.25, 0.3) is 0 Å². The van der Waals surface area contributed by atoms with Crippen LogP contribution in [0.5, 0.6) is 0 Å². The Morgan fingerprint density at radius 2 is 0.500 bits per heavy atom. The number of ether oxygens (including phenoxy) is 3. The summed E-state index contributed by atoms with van der Waals surface area (Å²) in [5.74, 6) is -0.895. The molecule has 0 aliphatic rings. The van der Waals surface area contributed by atoms with Crippen molar-refractivity contribution in [1.29, 1.82) is 0 Å². The smallest absolute Gasteiger partial charge is 0.306 e. The Labute approximate surface area is 482 Å². The highest BCUT2D eigenvalue weighted by Crippen LogP contribution is 2.17. The lowest BCUT2D eigenvalue weighted by Gasteiger charge is -2.18. The van der Waals surface area contributed by atoms with E-state index in [1.54, 1.807) is 0 Å². The number of carbonyl (C=O) groups is 3. The summed E-state index contributed by atoms with van der Waals surface area (Å²) in [6.45, 7) is 6.46. The molecule has 0 saturated heterocycles. The first-order chi connectivity index (χ1) is 38.5. The predicted molar refractivity (Wildman–Crippen MR) is 339 cm³/mol. The molecule has 446 valence electrons. The van der Waals surface area contributed by atoms with E-state index in [1.807, 2.05) is 0 Å². The van der Waals surface area contributed by atoms with Crippen molar-refractivity contribution in [2.45, 2.75) is 316 Å². The van der Waals surface area contributed by atoms with Gasteiger partial charge in [-0.25, -0.2) is 0 Å². The molecule has 0 aromatic rings. The van der Waals surface area contributed by atoms with Gasteiger partial charge in [0.05, 0.1) is 0 Å². The van der Waals surface area contributed by atoms with Crippen LogP contribution in [0.4, 0.5) is 0 Å². The van der Waals surface area contributed by atoms with Crippen LogP contribution in [0, 0.1) is 0 Å². The Morgan fingerprint density at radius 3 is 0.782 bits per heavy atom. The summed E-state index contributed by atoms with van der Waals surface area (Å²) in [7, 11) is 0. The standard InChI is InChI=1S/C72H122O6/c1-4-7-10-13-15-17-19-21-23-25-27-29-30-31-32-33-34-35-36-37-38-39-40-41-42-43-45-46-48-50-52-54-56-59-62-65-71(74)77-68-69(67-76-70(73)64-61-58-12-9-6-3)78-72(75)66-63-60-57-55-53-51-49-47-44-28-26-24-22-20-18-16-14-11-8-5-2/h7,10,15,17,21,23,27,29,31-32,34-35,37-38,40-41,43,45,69H,4-6,8-9,11-14,16,18-20,22,24-26,28,30,33,36,39,42,44,46-68H2,1-3H3/b10-7-,17-15-,23-21-,29-27-,32-31-,35-34-,38-37-,41-40-,45-43-. The van der Waals surface area contributed by atoms with E-state index in [9.17, 15) is 14.4 Å². The Morgan fingerprint density at radius 1 is 0.269 bits per heavy atom. The van der Waals surface area contributed by atoms with Crippen molar-refractivity contribution >= 4 is 17.9 Å². The minimum Gasteiger partial charge on any atom is -0.462 e. The van der Waals surface area contributed by atoms with E-state index in [-0.39, 0.29) is 31.1 Å². The van der Waals surface area contributed by atoms with E-state index < -0.39 is 6.10 Å². The van der Waals surface area contributed by atoms with Gasteiger partial charge in [-0.05, 0) is 89.9 Å². The average Bonchev–Trinajstić information content (AvgIpc) is 3.44. The Kier molecular flexibility index (Phi) is 62.3. The Balaban J connectivity index is 4.06. The molecule has 0 bridgehead atoms. The first kappa shape index (κ1) is 74.1. The monoisotopic (exact) mass is 1080 g/mol. The van der Waals surface area contributed by atoms with E-state index >= 15 is 0 Å². The molecule has 6 nitrogen and oxygen atoms in total. The largest absolute Gasteiger partial charge is 0.462 e. The van der Waals surface area contributed by atoms with Crippen LogP contribution < -0.4 is 0 Å². The summed E-state index contributed by atoms with van der Waals surface area (Å²) in [4.78, 5) is 37.9. The zero-order valence-electron chi connectivity index (χ0n) is 51.2. The SMILES string of the molecule is CC/C=C\C/C=C\C/C=C\C/C=C\C/C=C\C/C=C\C/C=C\C/C=C\C/C=C\CCCCCCCCCC(=O)OCC(COC(=O)CCCCCCC)OC(=O)CCCCCCCCCCCCCCCCCCCCCC. The average molecular weight is 1080 g/mol. The number of hydrogen-bond acceptors (Lipinski definition) is 6. The second kappa shape index (κ2) is 65.6. The van der Waals surface area contributed by atoms with Gasteiger partial charge in [-0.2, -0.15) is 0 Å². The van der Waals surface area contributed by atoms with Crippen LogP contribution in [0.1, 0.15) is 310 Å². The third kappa shape index (κ3) is 62.9. The summed E-state index contributed by atoms with van der Waals surface area (Å²) in [5.41, 5.74) is 0. The van der Waals surface area contributed by atoms with Crippen molar-refractivity contribution < 1.29 is 28.6 Å². The molecule has 78 heavy (non-hydrogen) atoms. The number of rotatable bonds is 59. The van der Waals surface area contributed by atoms with Crippen molar-refractivity contribution in [2.24, 2.45) is 0 Å². The lowest BCUT2D eigenvalue weighted by Crippen LogP contribution is -2.30. The van der Waals surface area contributed by atoms with E-state index in [2.05, 4.69) is 130 Å². The molecular formula is C72H122O6. The maximum atomic E-state index is 12.8. The molecule has 1 unspecified atom stereocenters. The molecule has 0 amide bonds. The molecule has 0 aromatic heterocycles. The van der Waals surface area contributed by atoms with Crippen LogP contribution >= 0.6 is 0 Å². The van der Waals surface area contributed by atoms with Crippen LogP contribution in [0.25, 0.3) is 0 Å². The van der Waals surface area contributed by atoms with Crippen molar-refractivity contribution in [3.8, 4) is 0 Å². The molecule has 1 atom stereocenters. The van der Waals surface area contributed by atoms with Gasteiger partial charge in [0.1, 0.15) is 13.2 Å². The zero-order valence-corrected chi connectivity index (χ0v) is 51.2. The van der Waals surface area contributed by atoms with Crippen molar-refractivity contribution in [1.82, 2.24) is 0 Å². The highest BCUT2D eigenvalue weighted by molar-refractivity contribution is 5.71. The maximum Gasteiger partial charge on any atom is 0.306 e. The molecule has 0 heterocycles. The van der Waals surface area contributed by atoms with Gasteiger partial charge < -0.3 is 14.2 Å². The van der Waals surface area contributed by atoms with E-state index in [0.717, 1.165) is 128 Å². The molecule has 0 fully saturated rings. The van der Waals surface area contributed by atoms with Gasteiger partial charge in [-0.15, -0.1) is 0 Å². The number of allylic oxidation sites excluding steroid dienone is 18. The number of hydrogen-bond donors (Lipinski definition) is 0. The fraction of sp³-hybridized carbons (Fsp3) is 0.708. The third-order valence-corrected chi connectivity index (χ3v) is 14.0. The summed E-state index contributed by atoms with van der Waals surface area (Å²) in [5, 5.41) is 0. The lowest BCUT2D eigenvalue weighted by molar-refractivity contribution is -0.167. The first-order valence-corrected chi connectivity index (χ1v) is 32.9. The molecule has 0 aromatic carbocycles.